The predicted octanol–water partition coefficient (Wildman–Crippen LogP) is 6.30. The van der Waals surface area contributed by atoms with Crippen molar-refractivity contribution in [2.75, 3.05) is 13.1 Å². The van der Waals surface area contributed by atoms with Crippen molar-refractivity contribution >= 4 is 16.9 Å². The van der Waals surface area contributed by atoms with E-state index < -0.39 is 17.5 Å². The number of hydrogen-bond acceptors (Lipinski definition) is 3. The molecule has 0 saturated heterocycles. The third-order valence-corrected chi connectivity index (χ3v) is 5.99. The molecule has 1 heterocycles. The maximum Gasteiger partial charge on any atom is 0.257 e. The normalized spacial score (nSPS) is 11.5. The molecule has 35 heavy (non-hydrogen) atoms. The van der Waals surface area contributed by atoms with Gasteiger partial charge in [0.05, 0.1) is 23.1 Å². The van der Waals surface area contributed by atoms with Crippen LogP contribution in [-0.4, -0.2) is 33.4 Å². The quantitative estimate of drug-likeness (QED) is 0.290. The van der Waals surface area contributed by atoms with E-state index in [0.29, 0.717) is 6.54 Å². The van der Waals surface area contributed by atoms with Crippen LogP contribution >= 0.6 is 0 Å². The van der Waals surface area contributed by atoms with Crippen LogP contribution in [0, 0.1) is 17.6 Å². The third-order valence-electron chi connectivity index (χ3n) is 5.99. The molecule has 190 valence electrons. The van der Waals surface area contributed by atoms with Crippen LogP contribution < -0.4 is 5.32 Å². The number of imidazole rings is 1. The lowest BCUT2D eigenvalue weighted by molar-refractivity contribution is 0.0711. The number of nitrogens with one attached hydrogen (secondary N) is 1. The fourth-order valence-electron chi connectivity index (χ4n) is 4.32. The molecule has 7 heteroatoms. The average Bonchev–Trinajstić information content (AvgIpc) is 3.15. The van der Waals surface area contributed by atoms with Crippen molar-refractivity contribution in [3.63, 3.8) is 0 Å². The molecule has 0 aliphatic heterocycles. The van der Waals surface area contributed by atoms with E-state index in [-0.39, 0.29) is 18.0 Å². The van der Waals surface area contributed by atoms with Crippen LogP contribution in [0.5, 0.6) is 0 Å². The summed E-state index contributed by atoms with van der Waals surface area (Å²) in [4.78, 5) is 19.7. The first-order valence-corrected chi connectivity index (χ1v) is 12.8. The number of carbonyl (C=O) groups is 1. The summed E-state index contributed by atoms with van der Waals surface area (Å²) in [5.74, 6) is -0.968. The van der Waals surface area contributed by atoms with E-state index in [1.54, 1.807) is 4.90 Å². The molecule has 3 aromatic rings. The third kappa shape index (κ3) is 7.10. The predicted molar refractivity (Wildman–Crippen MR) is 137 cm³/mol. The molecule has 0 spiro atoms. The first kappa shape index (κ1) is 26.8. The van der Waals surface area contributed by atoms with Crippen molar-refractivity contribution in [2.45, 2.75) is 73.0 Å². The second kappa shape index (κ2) is 12.8. The van der Waals surface area contributed by atoms with Crippen LogP contribution in [0.25, 0.3) is 11.0 Å². The Labute approximate surface area is 207 Å². The van der Waals surface area contributed by atoms with Crippen molar-refractivity contribution in [1.82, 2.24) is 19.8 Å². The topological polar surface area (TPSA) is 50.2 Å². The number of halogens is 2. The van der Waals surface area contributed by atoms with Gasteiger partial charge in [-0.15, -0.1) is 0 Å². The highest BCUT2D eigenvalue weighted by Crippen LogP contribution is 2.22. The molecule has 1 amide bonds. The molecule has 0 aliphatic carbocycles. The maximum atomic E-state index is 14.4. The molecular weight excluding hydrogens is 446 g/mol. The number of nitrogens with zero attached hydrogens (tertiary/aromatic N) is 3. The standard InChI is InChI=1S/C28H38F2N4O/c1-5-7-8-13-31-17-21-9-12-26-25(15-21)32-27(34(26)14-6-2)19-33(18-20(3)4)28(35)23-16-22(29)10-11-24(23)30/h9-12,15-16,20,31H,5-8,13-14,17-19H2,1-4H3. The van der Waals surface area contributed by atoms with Gasteiger partial charge in [0.2, 0.25) is 0 Å². The molecule has 0 aliphatic rings. The highest BCUT2D eigenvalue weighted by molar-refractivity contribution is 5.94. The van der Waals surface area contributed by atoms with Crippen molar-refractivity contribution in [2.24, 2.45) is 5.92 Å². The molecule has 0 bridgehead atoms. The highest BCUT2D eigenvalue weighted by atomic mass is 19.1. The van der Waals surface area contributed by atoms with E-state index in [0.717, 1.165) is 61.1 Å². The zero-order valence-corrected chi connectivity index (χ0v) is 21.4. The van der Waals surface area contributed by atoms with Crippen molar-refractivity contribution in [3.8, 4) is 0 Å². The van der Waals surface area contributed by atoms with E-state index in [4.69, 9.17) is 4.98 Å². The van der Waals surface area contributed by atoms with Gasteiger partial charge in [-0.25, -0.2) is 13.8 Å². The Morgan fingerprint density at radius 1 is 1.09 bits per heavy atom. The largest absolute Gasteiger partial charge is 0.331 e. The number of benzene rings is 2. The fraction of sp³-hybridized carbons (Fsp3) is 0.500. The highest BCUT2D eigenvalue weighted by Gasteiger charge is 2.23. The minimum atomic E-state index is -0.719. The maximum absolute atomic E-state index is 14.4. The van der Waals surface area contributed by atoms with Crippen LogP contribution in [0.4, 0.5) is 8.78 Å². The number of carbonyl (C=O) groups excluding carboxylic acids is 1. The van der Waals surface area contributed by atoms with Gasteiger partial charge in [0.25, 0.3) is 5.91 Å². The van der Waals surface area contributed by atoms with E-state index in [2.05, 4.69) is 41.9 Å². The number of unbranched alkanes of at least 4 members (excludes halogenated alkanes) is 2. The second-order valence-electron chi connectivity index (χ2n) is 9.59. The number of fused-ring (bicyclic) bond motifs is 1. The zero-order chi connectivity index (χ0) is 25.4. The molecule has 0 fully saturated rings. The Morgan fingerprint density at radius 3 is 2.60 bits per heavy atom. The molecule has 0 saturated carbocycles. The van der Waals surface area contributed by atoms with Gasteiger partial charge in [0, 0.05) is 19.6 Å². The van der Waals surface area contributed by atoms with Gasteiger partial charge in [-0.2, -0.15) is 0 Å². The lowest BCUT2D eigenvalue weighted by Gasteiger charge is -2.25. The Morgan fingerprint density at radius 2 is 1.89 bits per heavy atom. The summed E-state index contributed by atoms with van der Waals surface area (Å²) in [5, 5.41) is 3.49. The number of amides is 1. The van der Waals surface area contributed by atoms with E-state index in [1.807, 2.05) is 13.8 Å². The second-order valence-corrected chi connectivity index (χ2v) is 9.59. The van der Waals surface area contributed by atoms with Crippen LogP contribution in [-0.2, 0) is 19.6 Å². The minimum absolute atomic E-state index is 0.157. The first-order chi connectivity index (χ1) is 16.8. The summed E-state index contributed by atoms with van der Waals surface area (Å²) in [5.41, 5.74) is 2.82. The monoisotopic (exact) mass is 484 g/mol. The number of aromatic nitrogens is 2. The number of aryl methyl sites for hydroxylation is 1. The number of rotatable bonds is 13. The molecule has 2 aromatic carbocycles. The lowest BCUT2D eigenvalue weighted by Crippen LogP contribution is -2.35. The summed E-state index contributed by atoms with van der Waals surface area (Å²) >= 11 is 0. The van der Waals surface area contributed by atoms with Gasteiger partial charge < -0.3 is 14.8 Å². The van der Waals surface area contributed by atoms with Crippen molar-refractivity contribution < 1.29 is 13.6 Å². The smallest absolute Gasteiger partial charge is 0.257 e. The minimum Gasteiger partial charge on any atom is -0.331 e. The van der Waals surface area contributed by atoms with Crippen LogP contribution in [0.3, 0.4) is 0 Å². The molecule has 0 radical (unpaired) electrons. The Balaban J connectivity index is 1.88. The van der Waals surface area contributed by atoms with Crippen LogP contribution in [0.1, 0.15) is 75.1 Å². The molecule has 0 unspecified atom stereocenters. The zero-order valence-electron chi connectivity index (χ0n) is 21.4. The van der Waals surface area contributed by atoms with Gasteiger partial charge in [-0.1, -0.05) is 46.6 Å². The summed E-state index contributed by atoms with van der Waals surface area (Å²) in [6.45, 7) is 11.5. The van der Waals surface area contributed by atoms with Gasteiger partial charge >= 0.3 is 0 Å². The average molecular weight is 485 g/mol. The number of hydrogen-bond donors (Lipinski definition) is 1. The van der Waals surface area contributed by atoms with Crippen molar-refractivity contribution in [1.29, 1.82) is 0 Å². The van der Waals surface area contributed by atoms with Crippen molar-refractivity contribution in [3.05, 3.63) is 65.0 Å². The van der Waals surface area contributed by atoms with Gasteiger partial charge in [0.15, 0.2) is 0 Å². The Hall–Kier alpha value is -2.80. The van der Waals surface area contributed by atoms with Gasteiger partial charge in [-0.05, 0) is 61.2 Å². The summed E-state index contributed by atoms with van der Waals surface area (Å²) in [7, 11) is 0. The van der Waals surface area contributed by atoms with E-state index in [1.165, 1.54) is 24.8 Å². The van der Waals surface area contributed by atoms with Gasteiger partial charge in [0.1, 0.15) is 17.5 Å². The van der Waals surface area contributed by atoms with E-state index in [9.17, 15) is 13.6 Å². The summed E-state index contributed by atoms with van der Waals surface area (Å²) in [6, 6.07) is 9.30. The molecule has 1 aromatic heterocycles. The molecule has 0 atom stereocenters. The SMILES string of the molecule is CCCCCNCc1ccc2c(c1)nc(CN(CC(C)C)C(=O)c1cc(F)ccc1F)n2CCC. The molecular formula is C28H38F2N4O. The van der Waals surface area contributed by atoms with Gasteiger partial charge in [-0.3, -0.25) is 4.79 Å². The fourth-order valence-corrected chi connectivity index (χ4v) is 4.32. The first-order valence-electron chi connectivity index (χ1n) is 12.8. The van der Waals surface area contributed by atoms with Crippen LogP contribution in [0.2, 0.25) is 0 Å². The Kier molecular flexibility index (Phi) is 9.78. The van der Waals surface area contributed by atoms with E-state index >= 15 is 0 Å². The molecule has 1 N–H and O–H groups in total. The summed E-state index contributed by atoms with van der Waals surface area (Å²) < 4.78 is 30.3. The molecule has 3 rings (SSSR count). The Bertz CT molecular complexity index is 1130. The lowest BCUT2D eigenvalue weighted by atomic mass is 10.1. The summed E-state index contributed by atoms with van der Waals surface area (Å²) in [6.07, 6.45) is 4.50. The molecule has 5 nitrogen and oxygen atoms in total. The van der Waals surface area contributed by atoms with Crippen LogP contribution in [0.15, 0.2) is 36.4 Å².